The molecule has 0 radical (unpaired) electrons. The first-order valence-electron chi connectivity index (χ1n) is 7.12. The Hall–Kier alpha value is -1.08. The lowest BCUT2D eigenvalue weighted by atomic mass is 9.88. The van der Waals surface area contributed by atoms with Gasteiger partial charge in [0.2, 0.25) is 0 Å². The zero-order chi connectivity index (χ0) is 13.4. The number of hydrogen-bond donors (Lipinski definition) is 1. The van der Waals surface area contributed by atoms with Crippen LogP contribution in [0.5, 0.6) is 0 Å². The Morgan fingerprint density at radius 3 is 2.33 bits per heavy atom. The van der Waals surface area contributed by atoms with E-state index in [4.69, 9.17) is 0 Å². The van der Waals surface area contributed by atoms with E-state index in [9.17, 15) is 0 Å². The molecule has 1 aromatic rings. The highest BCUT2D eigenvalue weighted by atomic mass is 14.9. The summed E-state index contributed by atoms with van der Waals surface area (Å²) in [4.78, 5) is 0. The molecule has 0 fully saturated rings. The smallest absolute Gasteiger partial charge is 0.0321 e. The summed E-state index contributed by atoms with van der Waals surface area (Å²) in [6.07, 6.45) is 4.71. The molecule has 1 heteroatoms. The van der Waals surface area contributed by atoms with Crippen LogP contribution in [0.15, 0.2) is 42.0 Å². The summed E-state index contributed by atoms with van der Waals surface area (Å²) in [6, 6.07) is 11.3. The summed E-state index contributed by atoms with van der Waals surface area (Å²) in [6.45, 7) is 9.93. The molecule has 2 atom stereocenters. The van der Waals surface area contributed by atoms with Crippen molar-refractivity contribution >= 4 is 0 Å². The van der Waals surface area contributed by atoms with Crippen molar-refractivity contribution in [1.29, 1.82) is 0 Å². The fourth-order valence-corrected chi connectivity index (χ4v) is 2.38. The van der Waals surface area contributed by atoms with Gasteiger partial charge in [0.05, 0.1) is 0 Å². The molecule has 18 heavy (non-hydrogen) atoms. The summed E-state index contributed by atoms with van der Waals surface area (Å²) < 4.78 is 0. The monoisotopic (exact) mass is 245 g/mol. The van der Waals surface area contributed by atoms with Crippen molar-refractivity contribution in [2.24, 2.45) is 0 Å². The summed E-state index contributed by atoms with van der Waals surface area (Å²) >= 11 is 0. The molecule has 1 nitrogen and oxygen atoms in total. The Bertz CT molecular complexity index is 349. The minimum Gasteiger partial charge on any atom is -0.310 e. The second-order valence-corrected chi connectivity index (χ2v) is 5.15. The first-order valence-corrected chi connectivity index (χ1v) is 7.12. The van der Waals surface area contributed by atoms with E-state index in [2.05, 4.69) is 69.4 Å². The maximum absolute atomic E-state index is 3.67. The van der Waals surface area contributed by atoms with Gasteiger partial charge >= 0.3 is 0 Å². The standard InChI is InChI=1S/C17H27N/c1-5-12-18-17(13-14(3)4)16(6-2)15-10-8-7-9-11-15/h7-11,13,16-18H,5-6,12H2,1-4H3. The highest BCUT2D eigenvalue weighted by Gasteiger charge is 2.18. The Morgan fingerprint density at radius 2 is 1.83 bits per heavy atom. The van der Waals surface area contributed by atoms with Crippen LogP contribution in [0.4, 0.5) is 0 Å². The topological polar surface area (TPSA) is 12.0 Å². The van der Waals surface area contributed by atoms with Crippen molar-refractivity contribution in [3.05, 3.63) is 47.5 Å². The third-order valence-corrected chi connectivity index (χ3v) is 3.24. The normalized spacial score (nSPS) is 14.0. The van der Waals surface area contributed by atoms with Crippen molar-refractivity contribution in [2.45, 2.75) is 52.5 Å². The van der Waals surface area contributed by atoms with E-state index in [1.54, 1.807) is 0 Å². The number of hydrogen-bond acceptors (Lipinski definition) is 1. The molecule has 2 unspecified atom stereocenters. The van der Waals surface area contributed by atoms with Gasteiger partial charge in [-0.25, -0.2) is 0 Å². The van der Waals surface area contributed by atoms with E-state index >= 15 is 0 Å². The van der Waals surface area contributed by atoms with E-state index in [0.717, 1.165) is 13.0 Å². The molecule has 0 aliphatic carbocycles. The highest BCUT2D eigenvalue weighted by molar-refractivity contribution is 5.24. The van der Waals surface area contributed by atoms with Crippen LogP contribution in [0.3, 0.4) is 0 Å². The van der Waals surface area contributed by atoms with Crippen molar-refractivity contribution in [2.75, 3.05) is 6.54 Å². The van der Waals surface area contributed by atoms with Gasteiger partial charge in [-0.2, -0.15) is 0 Å². The molecular weight excluding hydrogens is 218 g/mol. The molecule has 0 aliphatic heterocycles. The van der Waals surface area contributed by atoms with Crippen LogP contribution in [0.25, 0.3) is 0 Å². The van der Waals surface area contributed by atoms with E-state index in [0.29, 0.717) is 12.0 Å². The van der Waals surface area contributed by atoms with Gasteiger partial charge in [0.25, 0.3) is 0 Å². The molecule has 0 spiro atoms. The molecule has 0 bridgehead atoms. The quantitative estimate of drug-likeness (QED) is 0.697. The lowest BCUT2D eigenvalue weighted by molar-refractivity contribution is 0.484. The third kappa shape index (κ3) is 4.66. The first-order chi connectivity index (χ1) is 8.69. The molecule has 0 aromatic heterocycles. The molecule has 0 saturated heterocycles. The van der Waals surface area contributed by atoms with Gasteiger partial charge in [-0.1, -0.05) is 55.8 Å². The second kappa shape index (κ2) is 8.10. The summed E-state index contributed by atoms with van der Waals surface area (Å²) in [5.41, 5.74) is 2.82. The Labute approximate surface area is 112 Å². The fraction of sp³-hybridized carbons (Fsp3) is 0.529. The molecule has 1 rings (SSSR count). The first kappa shape index (κ1) is 15.0. The van der Waals surface area contributed by atoms with Crippen LogP contribution >= 0.6 is 0 Å². The van der Waals surface area contributed by atoms with Crippen LogP contribution in [-0.4, -0.2) is 12.6 Å². The lowest BCUT2D eigenvalue weighted by Crippen LogP contribution is -2.34. The van der Waals surface area contributed by atoms with Crippen molar-refractivity contribution in [1.82, 2.24) is 5.32 Å². The highest BCUT2D eigenvalue weighted by Crippen LogP contribution is 2.24. The number of benzene rings is 1. The predicted octanol–water partition coefficient (Wildman–Crippen LogP) is 4.51. The van der Waals surface area contributed by atoms with Crippen molar-refractivity contribution < 1.29 is 0 Å². The van der Waals surface area contributed by atoms with E-state index in [-0.39, 0.29) is 0 Å². The van der Waals surface area contributed by atoms with Gasteiger partial charge < -0.3 is 5.32 Å². The van der Waals surface area contributed by atoms with Gasteiger partial charge in [-0.05, 0) is 38.8 Å². The van der Waals surface area contributed by atoms with E-state index < -0.39 is 0 Å². The average molecular weight is 245 g/mol. The maximum Gasteiger partial charge on any atom is 0.0321 e. The second-order valence-electron chi connectivity index (χ2n) is 5.15. The summed E-state index contributed by atoms with van der Waals surface area (Å²) in [7, 11) is 0. The van der Waals surface area contributed by atoms with Crippen molar-refractivity contribution in [3.8, 4) is 0 Å². The zero-order valence-corrected chi connectivity index (χ0v) is 12.2. The minimum atomic E-state index is 0.447. The van der Waals surface area contributed by atoms with Gasteiger partial charge in [0.15, 0.2) is 0 Å². The lowest BCUT2D eigenvalue weighted by Gasteiger charge is -2.26. The van der Waals surface area contributed by atoms with Crippen LogP contribution in [-0.2, 0) is 0 Å². The van der Waals surface area contributed by atoms with Crippen molar-refractivity contribution in [3.63, 3.8) is 0 Å². The Morgan fingerprint density at radius 1 is 1.17 bits per heavy atom. The Balaban J connectivity index is 2.89. The number of rotatable bonds is 7. The molecule has 0 aliphatic rings. The van der Waals surface area contributed by atoms with Crippen LogP contribution in [0.1, 0.15) is 52.0 Å². The molecule has 0 heterocycles. The SMILES string of the molecule is CCCNC(C=C(C)C)C(CC)c1ccccc1. The average Bonchev–Trinajstić information content (AvgIpc) is 2.37. The summed E-state index contributed by atoms with van der Waals surface area (Å²) in [5, 5.41) is 3.67. The van der Waals surface area contributed by atoms with Crippen LogP contribution < -0.4 is 5.32 Å². The zero-order valence-electron chi connectivity index (χ0n) is 12.2. The van der Waals surface area contributed by atoms with Crippen LogP contribution in [0.2, 0.25) is 0 Å². The molecule has 0 saturated carbocycles. The van der Waals surface area contributed by atoms with E-state index in [1.165, 1.54) is 17.6 Å². The molecular formula is C17H27N. The Kier molecular flexibility index (Phi) is 6.74. The molecule has 1 aromatic carbocycles. The van der Waals surface area contributed by atoms with E-state index in [1.807, 2.05) is 0 Å². The fourth-order valence-electron chi connectivity index (χ4n) is 2.38. The maximum atomic E-state index is 3.67. The molecule has 100 valence electrons. The molecule has 0 amide bonds. The molecule has 1 N–H and O–H groups in total. The minimum absolute atomic E-state index is 0.447. The number of nitrogens with one attached hydrogen (secondary N) is 1. The largest absolute Gasteiger partial charge is 0.310 e. The number of allylic oxidation sites excluding steroid dienone is 1. The van der Waals surface area contributed by atoms with Gasteiger partial charge in [0, 0.05) is 12.0 Å². The van der Waals surface area contributed by atoms with Gasteiger partial charge in [-0.15, -0.1) is 0 Å². The van der Waals surface area contributed by atoms with Gasteiger partial charge in [0.1, 0.15) is 0 Å². The third-order valence-electron chi connectivity index (χ3n) is 3.24. The van der Waals surface area contributed by atoms with Gasteiger partial charge in [-0.3, -0.25) is 0 Å². The van der Waals surface area contributed by atoms with Crippen LogP contribution in [0, 0.1) is 0 Å². The predicted molar refractivity (Wildman–Crippen MR) is 81.0 cm³/mol. The summed E-state index contributed by atoms with van der Waals surface area (Å²) in [5.74, 6) is 0.563.